The quantitative estimate of drug-likeness (QED) is 0.543. The predicted molar refractivity (Wildman–Crippen MR) is 27.1 cm³/mol. The molecule has 9 heavy (non-hydrogen) atoms. The highest BCUT2D eigenvalue weighted by Crippen LogP contribution is 2.31. The first-order chi connectivity index (χ1) is 3.81. The summed E-state index contributed by atoms with van der Waals surface area (Å²) in [4.78, 5) is 0. The van der Waals surface area contributed by atoms with Gasteiger partial charge in [0.15, 0.2) is 5.60 Å². The van der Waals surface area contributed by atoms with Crippen LogP contribution in [-0.2, 0) is 4.74 Å². The molecule has 0 N–H and O–H groups in total. The summed E-state index contributed by atoms with van der Waals surface area (Å²) in [6.07, 6.45) is -4.28. The third-order valence-corrected chi connectivity index (χ3v) is 1.19. The number of hydrogen-bond acceptors (Lipinski definition) is 1. The number of hydrogen-bond donors (Lipinski definition) is 0. The van der Waals surface area contributed by atoms with Crippen LogP contribution in [0.1, 0.15) is 13.8 Å². The standard InChI is InChI=1S/C5H9F3O/c1-4(2,9-3)5(6,7)8/h1-3H3. The molecule has 0 aliphatic carbocycles. The van der Waals surface area contributed by atoms with Crippen LogP contribution in [0.2, 0.25) is 0 Å². The molecule has 0 heterocycles. The molecular weight excluding hydrogens is 133 g/mol. The van der Waals surface area contributed by atoms with E-state index in [0.29, 0.717) is 0 Å². The molecule has 0 aromatic heterocycles. The molecule has 0 saturated heterocycles. The maximum absolute atomic E-state index is 11.7. The molecule has 1 nitrogen and oxygen atoms in total. The van der Waals surface area contributed by atoms with Crippen LogP contribution in [0.4, 0.5) is 13.2 Å². The van der Waals surface area contributed by atoms with Crippen molar-refractivity contribution in [3.63, 3.8) is 0 Å². The van der Waals surface area contributed by atoms with Crippen LogP contribution in [0.25, 0.3) is 0 Å². The van der Waals surface area contributed by atoms with Crippen molar-refractivity contribution in [2.24, 2.45) is 0 Å². The Morgan fingerprint density at radius 2 is 1.44 bits per heavy atom. The first-order valence-corrected chi connectivity index (χ1v) is 2.43. The van der Waals surface area contributed by atoms with Crippen LogP contribution >= 0.6 is 0 Å². The normalized spacial score (nSPS) is 14.0. The van der Waals surface area contributed by atoms with Crippen molar-refractivity contribution in [1.29, 1.82) is 0 Å². The second-order valence-corrected chi connectivity index (χ2v) is 2.21. The van der Waals surface area contributed by atoms with Crippen LogP contribution in [0.3, 0.4) is 0 Å². The molecule has 0 aliphatic heterocycles. The Balaban J connectivity index is 4.14. The summed E-state index contributed by atoms with van der Waals surface area (Å²) in [6.45, 7) is 1.96. The van der Waals surface area contributed by atoms with Gasteiger partial charge in [0, 0.05) is 7.11 Å². The predicted octanol–water partition coefficient (Wildman–Crippen LogP) is 1.97. The van der Waals surface area contributed by atoms with E-state index in [1.807, 2.05) is 0 Å². The van der Waals surface area contributed by atoms with Crippen LogP contribution in [-0.4, -0.2) is 18.9 Å². The lowest BCUT2D eigenvalue weighted by Crippen LogP contribution is -2.40. The van der Waals surface area contributed by atoms with Crippen LogP contribution < -0.4 is 0 Å². The second-order valence-electron chi connectivity index (χ2n) is 2.21. The van der Waals surface area contributed by atoms with E-state index in [2.05, 4.69) is 4.74 Å². The minimum absolute atomic E-state index is 0.979. The highest BCUT2D eigenvalue weighted by molar-refractivity contribution is 4.76. The monoisotopic (exact) mass is 142 g/mol. The van der Waals surface area contributed by atoms with Gasteiger partial charge in [-0.2, -0.15) is 13.2 Å². The number of methoxy groups -OCH3 is 1. The van der Waals surface area contributed by atoms with E-state index >= 15 is 0 Å². The number of rotatable bonds is 1. The SMILES string of the molecule is COC(C)(C)C(F)(F)F. The maximum Gasteiger partial charge on any atom is 0.416 e. The number of alkyl halides is 3. The lowest BCUT2D eigenvalue weighted by molar-refractivity contribution is -0.255. The second kappa shape index (κ2) is 2.17. The smallest absolute Gasteiger partial charge is 0.369 e. The van der Waals surface area contributed by atoms with Crippen LogP contribution in [0.15, 0.2) is 0 Å². The Morgan fingerprint density at radius 3 is 1.44 bits per heavy atom. The largest absolute Gasteiger partial charge is 0.416 e. The molecule has 56 valence electrons. The minimum atomic E-state index is -4.28. The van der Waals surface area contributed by atoms with E-state index in [0.717, 1.165) is 21.0 Å². The Morgan fingerprint density at radius 1 is 1.11 bits per heavy atom. The molecule has 4 heteroatoms. The summed E-state index contributed by atoms with van der Waals surface area (Å²) in [5.41, 5.74) is -2.02. The zero-order valence-corrected chi connectivity index (χ0v) is 5.54. The maximum atomic E-state index is 11.7. The molecule has 0 radical (unpaired) electrons. The molecule has 0 aromatic carbocycles. The van der Waals surface area contributed by atoms with Gasteiger partial charge in [-0.05, 0) is 13.8 Å². The van der Waals surface area contributed by atoms with Gasteiger partial charge in [-0.15, -0.1) is 0 Å². The van der Waals surface area contributed by atoms with Gasteiger partial charge >= 0.3 is 6.18 Å². The fraction of sp³-hybridized carbons (Fsp3) is 1.00. The van der Waals surface area contributed by atoms with Crippen LogP contribution in [0.5, 0.6) is 0 Å². The Bertz CT molecular complexity index is 94.9. The third kappa shape index (κ3) is 1.86. The van der Waals surface area contributed by atoms with E-state index in [1.54, 1.807) is 0 Å². The Hall–Kier alpha value is -0.250. The molecule has 0 aromatic rings. The molecule has 0 unspecified atom stereocenters. The van der Waals surface area contributed by atoms with Crippen molar-refractivity contribution >= 4 is 0 Å². The number of ether oxygens (including phenoxy) is 1. The summed E-state index contributed by atoms with van der Waals surface area (Å²) < 4.78 is 39.3. The molecule has 0 amide bonds. The van der Waals surface area contributed by atoms with Gasteiger partial charge in [0.2, 0.25) is 0 Å². The van der Waals surface area contributed by atoms with Crippen molar-refractivity contribution in [3.05, 3.63) is 0 Å². The summed E-state index contributed by atoms with van der Waals surface area (Å²) in [5.74, 6) is 0. The average molecular weight is 142 g/mol. The topological polar surface area (TPSA) is 9.23 Å². The van der Waals surface area contributed by atoms with Gasteiger partial charge in [0.25, 0.3) is 0 Å². The average Bonchev–Trinajstić information content (AvgIpc) is 1.64. The van der Waals surface area contributed by atoms with Crippen molar-refractivity contribution < 1.29 is 17.9 Å². The lowest BCUT2D eigenvalue weighted by Gasteiger charge is -2.25. The van der Waals surface area contributed by atoms with Gasteiger partial charge in [0.05, 0.1) is 0 Å². The van der Waals surface area contributed by atoms with E-state index in [-0.39, 0.29) is 0 Å². The molecular formula is C5H9F3O. The first-order valence-electron chi connectivity index (χ1n) is 2.43. The lowest BCUT2D eigenvalue weighted by atomic mass is 10.1. The summed E-state index contributed by atoms with van der Waals surface area (Å²) >= 11 is 0. The van der Waals surface area contributed by atoms with Crippen molar-refractivity contribution in [2.45, 2.75) is 25.6 Å². The Kier molecular flexibility index (Phi) is 2.11. The highest BCUT2D eigenvalue weighted by atomic mass is 19.4. The molecule has 0 saturated carbocycles. The molecule has 0 spiro atoms. The van der Waals surface area contributed by atoms with E-state index in [1.165, 1.54) is 0 Å². The van der Waals surface area contributed by atoms with Gasteiger partial charge in [-0.3, -0.25) is 0 Å². The van der Waals surface area contributed by atoms with Gasteiger partial charge in [-0.25, -0.2) is 0 Å². The summed E-state index contributed by atoms with van der Waals surface area (Å²) in [5, 5.41) is 0. The Labute approximate surface area is 51.8 Å². The number of halogens is 3. The summed E-state index contributed by atoms with van der Waals surface area (Å²) in [7, 11) is 1.04. The van der Waals surface area contributed by atoms with Gasteiger partial charge in [-0.1, -0.05) is 0 Å². The fourth-order valence-electron chi connectivity index (χ4n) is 0.116. The van der Waals surface area contributed by atoms with Crippen molar-refractivity contribution in [3.8, 4) is 0 Å². The van der Waals surface area contributed by atoms with Gasteiger partial charge < -0.3 is 4.74 Å². The first kappa shape index (κ1) is 8.75. The van der Waals surface area contributed by atoms with Crippen LogP contribution in [0, 0.1) is 0 Å². The van der Waals surface area contributed by atoms with Crippen molar-refractivity contribution in [2.75, 3.05) is 7.11 Å². The molecule has 0 aliphatic rings. The van der Waals surface area contributed by atoms with E-state index < -0.39 is 11.8 Å². The minimum Gasteiger partial charge on any atom is -0.369 e. The molecule has 0 rings (SSSR count). The third-order valence-electron chi connectivity index (χ3n) is 1.19. The highest BCUT2D eigenvalue weighted by Gasteiger charge is 2.47. The molecule has 0 bridgehead atoms. The molecule has 0 atom stereocenters. The zero-order valence-electron chi connectivity index (χ0n) is 5.54. The summed E-state index contributed by atoms with van der Waals surface area (Å²) in [6, 6.07) is 0. The van der Waals surface area contributed by atoms with E-state index in [4.69, 9.17) is 0 Å². The molecule has 0 fully saturated rings. The zero-order chi connectivity index (χ0) is 7.71. The fourth-order valence-corrected chi connectivity index (χ4v) is 0.116. The van der Waals surface area contributed by atoms with Crippen molar-refractivity contribution in [1.82, 2.24) is 0 Å². The van der Waals surface area contributed by atoms with E-state index in [9.17, 15) is 13.2 Å². The van der Waals surface area contributed by atoms with Gasteiger partial charge in [0.1, 0.15) is 0 Å².